The van der Waals surface area contributed by atoms with Crippen LogP contribution in [-0.4, -0.2) is 16.5 Å². The molecule has 0 fully saturated rings. The second-order valence-corrected chi connectivity index (χ2v) is 4.83. The van der Waals surface area contributed by atoms with Gasteiger partial charge in [-0.05, 0) is 37.1 Å². The zero-order chi connectivity index (χ0) is 13.0. The lowest BCUT2D eigenvalue weighted by molar-refractivity contribution is 0.546. The smallest absolute Gasteiger partial charge is 0.196 e. The van der Waals surface area contributed by atoms with Gasteiger partial charge in [-0.2, -0.15) is 0 Å². The summed E-state index contributed by atoms with van der Waals surface area (Å²) in [6, 6.07) is 3.84. The van der Waals surface area contributed by atoms with E-state index in [9.17, 15) is 0 Å². The molecule has 0 radical (unpaired) electrons. The van der Waals surface area contributed by atoms with Crippen molar-refractivity contribution in [3.05, 3.63) is 35.9 Å². The van der Waals surface area contributed by atoms with Gasteiger partial charge in [-0.3, -0.25) is 0 Å². The molecule has 4 nitrogen and oxygen atoms in total. The second kappa shape index (κ2) is 5.78. The van der Waals surface area contributed by atoms with Crippen molar-refractivity contribution in [2.45, 2.75) is 27.3 Å². The van der Waals surface area contributed by atoms with Crippen molar-refractivity contribution < 1.29 is 4.42 Å². The number of hydrogen-bond acceptors (Lipinski definition) is 4. The van der Waals surface area contributed by atoms with Gasteiger partial charge in [0.05, 0.1) is 12.0 Å². The summed E-state index contributed by atoms with van der Waals surface area (Å²) in [5.41, 5.74) is 2.04. The van der Waals surface area contributed by atoms with Crippen LogP contribution in [0.25, 0.3) is 11.6 Å². The van der Waals surface area contributed by atoms with Gasteiger partial charge >= 0.3 is 0 Å². The predicted molar refractivity (Wildman–Crippen MR) is 71.0 cm³/mol. The highest BCUT2D eigenvalue weighted by Crippen LogP contribution is 2.20. The van der Waals surface area contributed by atoms with Crippen LogP contribution in [0.3, 0.4) is 0 Å². The number of hydrogen-bond donors (Lipinski definition) is 1. The molecule has 0 saturated heterocycles. The quantitative estimate of drug-likeness (QED) is 0.880. The van der Waals surface area contributed by atoms with Crippen LogP contribution >= 0.6 is 0 Å². The van der Waals surface area contributed by atoms with Crippen LogP contribution < -0.4 is 5.32 Å². The summed E-state index contributed by atoms with van der Waals surface area (Å²) in [5.74, 6) is 2.04. The van der Waals surface area contributed by atoms with Gasteiger partial charge < -0.3 is 9.73 Å². The summed E-state index contributed by atoms with van der Waals surface area (Å²) in [4.78, 5) is 8.76. The van der Waals surface area contributed by atoms with Crippen molar-refractivity contribution in [3.8, 4) is 11.6 Å². The Morgan fingerprint density at radius 3 is 2.83 bits per heavy atom. The van der Waals surface area contributed by atoms with Crippen molar-refractivity contribution in [3.63, 3.8) is 0 Å². The topological polar surface area (TPSA) is 51.0 Å². The van der Waals surface area contributed by atoms with E-state index in [1.54, 1.807) is 12.5 Å². The fourth-order valence-corrected chi connectivity index (χ4v) is 1.69. The first-order chi connectivity index (χ1) is 8.66. The van der Waals surface area contributed by atoms with Gasteiger partial charge in [0.2, 0.25) is 0 Å². The largest absolute Gasteiger partial charge is 0.461 e. The second-order valence-electron chi connectivity index (χ2n) is 4.83. The number of furan rings is 1. The van der Waals surface area contributed by atoms with Crippen molar-refractivity contribution in [1.82, 2.24) is 15.3 Å². The van der Waals surface area contributed by atoms with Crippen LogP contribution in [0.5, 0.6) is 0 Å². The Labute approximate surface area is 107 Å². The Morgan fingerprint density at radius 1 is 1.33 bits per heavy atom. The third-order valence-corrected chi connectivity index (χ3v) is 2.64. The summed E-state index contributed by atoms with van der Waals surface area (Å²) in [7, 11) is 0. The maximum atomic E-state index is 5.40. The van der Waals surface area contributed by atoms with Crippen LogP contribution in [0.15, 0.2) is 29.0 Å². The molecule has 0 aliphatic rings. The SMILES string of the molecule is Cc1ccoc1-c1nccc(CNCC(C)C)n1. The molecule has 96 valence electrons. The van der Waals surface area contributed by atoms with E-state index in [0.29, 0.717) is 11.7 Å². The number of nitrogens with one attached hydrogen (secondary N) is 1. The van der Waals surface area contributed by atoms with E-state index in [-0.39, 0.29) is 0 Å². The third-order valence-electron chi connectivity index (χ3n) is 2.64. The Morgan fingerprint density at radius 2 is 2.17 bits per heavy atom. The van der Waals surface area contributed by atoms with Crippen LogP contribution in [0.2, 0.25) is 0 Å². The van der Waals surface area contributed by atoms with E-state index in [1.807, 2.05) is 19.1 Å². The summed E-state index contributed by atoms with van der Waals surface area (Å²) in [6.07, 6.45) is 3.44. The molecular weight excluding hydrogens is 226 g/mol. The Kier molecular flexibility index (Phi) is 4.10. The molecular formula is C14H19N3O. The maximum absolute atomic E-state index is 5.40. The van der Waals surface area contributed by atoms with Crippen molar-refractivity contribution in [2.75, 3.05) is 6.54 Å². The number of aryl methyl sites for hydroxylation is 1. The van der Waals surface area contributed by atoms with Crippen LogP contribution in [0.1, 0.15) is 25.1 Å². The highest BCUT2D eigenvalue weighted by atomic mass is 16.3. The lowest BCUT2D eigenvalue weighted by Gasteiger charge is -2.07. The molecule has 0 amide bonds. The zero-order valence-electron chi connectivity index (χ0n) is 11.1. The first-order valence-electron chi connectivity index (χ1n) is 6.24. The molecule has 2 heterocycles. The van der Waals surface area contributed by atoms with Gasteiger partial charge in [0.25, 0.3) is 0 Å². The van der Waals surface area contributed by atoms with Crippen molar-refractivity contribution in [2.24, 2.45) is 5.92 Å². The van der Waals surface area contributed by atoms with E-state index >= 15 is 0 Å². The maximum Gasteiger partial charge on any atom is 0.196 e. The molecule has 4 heteroatoms. The van der Waals surface area contributed by atoms with Gasteiger partial charge in [0.1, 0.15) is 0 Å². The summed E-state index contributed by atoms with van der Waals surface area (Å²) in [6.45, 7) is 8.10. The van der Waals surface area contributed by atoms with E-state index < -0.39 is 0 Å². The standard InChI is InChI=1S/C14H19N3O/c1-10(2)8-15-9-12-4-6-16-14(17-12)13-11(3)5-7-18-13/h4-7,10,15H,8-9H2,1-3H3. The minimum absolute atomic E-state index is 0.638. The minimum atomic E-state index is 0.638. The number of rotatable bonds is 5. The molecule has 18 heavy (non-hydrogen) atoms. The fourth-order valence-electron chi connectivity index (χ4n) is 1.69. The third kappa shape index (κ3) is 3.17. The monoisotopic (exact) mass is 245 g/mol. The average Bonchev–Trinajstić information content (AvgIpc) is 2.75. The lowest BCUT2D eigenvalue weighted by atomic mass is 10.2. The van der Waals surface area contributed by atoms with Crippen LogP contribution in [-0.2, 0) is 6.54 Å². The van der Waals surface area contributed by atoms with Crippen LogP contribution in [0, 0.1) is 12.8 Å². The van der Waals surface area contributed by atoms with Crippen LogP contribution in [0.4, 0.5) is 0 Å². The van der Waals surface area contributed by atoms with Crippen molar-refractivity contribution in [1.29, 1.82) is 0 Å². The molecule has 0 saturated carbocycles. The fraction of sp³-hybridized carbons (Fsp3) is 0.429. The molecule has 1 N–H and O–H groups in total. The highest BCUT2D eigenvalue weighted by molar-refractivity contribution is 5.51. The van der Waals surface area contributed by atoms with Gasteiger partial charge in [0, 0.05) is 12.7 Å². The van der Waals surface area contributed by atoms with Gasteiger partial charge in [-0.15, -0.1) is 0 Å². The van der Waals surface area contributed by atoms with E-state index in [2.05, 4.69) is 29.1 Å². The van der Waals surface area contributed by atoms with E-state index in [1.165, 1.54) is 0 Å². The minimum Gasteiger partial charge on any atom is -0.461 e. The lowest BCUT2D eigenvalue weighted by Crippen LogP contribution is -2.19. The summed E-state index contributed by atoms with van der Waals surface area (Å²) >= 11 is 0. The average molecular weight is 245 g/mol. The molecule has 0 spiro atoms. The molecule has 0 bridgehead atoms. The molecule has 0 aromatic carbocycles. The highest BCUT2D eigenvalue weighted by Gasteiger charge is 2.09. The van der Waals surface area contributed by atoms with E-state index in [0.717, 1.165) is 30.1 Å². The zero-order valence-corrected chi connectivity index (χ0v) is 11.1. The summed E-state index contributed by atoms with van der Waals surface area (Å²) in [5, 5.41) is 3.37. The molecule has 2 aromatic heterocycles. The molecule has 2 rings (SSSR count). The summed E-state index contributed by atoms with van der Waals surface area (Å²) < 4.78 is 5.40. The number of aromatic nitrogens is 2. The molecule has 0 unspecified atom stereocenters. The van der Waals surface area contributed by atoms with Gasteiger partial charge in [0.15, 0.2) is 11.6 Å². The molecule has 2 aromatic rings. The molecule has 0 aliphatic carbocycles. The molecule has 0 atom stereocenters. The van der Waals surface area contributed by atoms with Gasteiger partial charge in [-0.25, -0.2) is 9.97 Å². The first-order valence-corrected chi connectivity index (χ1v) is 6.24. The Bertz CT molecular complexity index is 505. The normalized spacial score (nSPS) is 11.1. The first kappa shape index (κ1) is 12.8. The number of nitrogens with zero attached hydrogens (tertiary/aromatic N) is 2. The predicted octanol–water partition coefficient (Wildman–Crippen LogP) is 2.79. The van der Waals surface area contributed by atoms with Crippen molar-refractivity contribution >= 4 is 0 Å². The van der Waals surface area contributed by atoms with Gasteiger partial charge in [-0.1, -0.05) is 13.8 Å². The molecule has 0 aliphatic heterocycles. The van der Waals surface area contributed by atoms with E-state index in [4.69, 9.17) is 4.42 Å². The Balaban J connectivity index is 2.08. The Hall–Kier alpha value is -1.68.